The van der Waals surface area contributed by atoms with Gasteiger partial charge in [0, 0.05) is 11.6 Å². The summed E-state index contributed by atoms with van der Waals surface area (Å²) in [7, 11) is 0. The van der Waals surface area contributed by atoms with E-state index in [1.54, 1.807) is 30.3 Å². The molecule has 1 unspecified atom stereocenters. The maximum Gasteiger partial charge on any atom is 0.331 e. The molecule has 0 radical (unpaired) electrons. The second-order valence-corrected chi connectivity index (χ2v) is 3.99. The lowest BCUT2D eigenvalue weighted by Gasteiger charge is -2.23. The van der Waals surface area contributed by atoms with Gasteiger partial charge in [-0.3, -0.25) is 14.5 Å². The van der Waals surface area contributed by atoms with Crippen molar-refractivity contribution < 1.29 is 19.5 Å². The van der Waals surface area contributed by atoms with Gasteiger partial charge in [-0.1, -0.05) is 30.3 Å². The standard InChI is InChI=1S/C13H11NO4/c1-8-7-10(15)14(12(8)16)11(13(17)18)9-5-3-2-4-6-9/h2-7,11H,1H3,(H,17,18). The Labute approximate surface area is 103 Å². The number of carboxylic acid groups (broad SMARTS) is 1. The summed E-state index contributed by atoms with van der Waals surface area (Å²) in [5, 5.41) is 9.24. The number of hydrogen-bond donors (Lipinski definition) is 1. The van der Waals surface area contributed by atoms with Crippen molar-refractivity contribution in [3.05, 3.63) is 47.5 Å². The maximum absolute atomic E-state index is 11.8. The summed E-state index contributed by atoms with van der Waals surface area (Å²) < 4.78 is 0. The SMILES string of the molecule is CC1=CC(=O)N(C(C(=O)O)c2ccccc2)C1=O. The van der Waals surface area contributed by atoms with Gasteiger partial charge in [-0.25, -0.2) is 4.79 Å². The largest absolute Gasteiger partial charge is 0.479 e. The van der Waals surface area contributed by atoms with Crippen LogP contribution in [-0.4, -0.2) is 27.8 Å². The topological polar surface area (TPSA) is 74.7 Å². The summed E-state index contributed by atoms with van der Waals surface area (Å²) in [5.74, 6) is -2.38. The highest BCUT2D eigenvalue weighted by Crippen LogP contribution is 2.26. The molecule has 2 rings (SSSR count). The van der Waals surface area contributed by atoms with Crippen LogP contribution in [0.2, 0.25) is 0 Å². The highest BCUT2D eigenvalue weighted by molar-refractivity contribution is 6.17. The number of carboxylic acids is 1. The first-order valence-corrected chi connectivity index (χ1v) is 5.36. The van der Waals surface area contributed by atoms with Crippen molar-refractivity contribution >= 4 is 17.8 Å². The fourth-order valence-corrected chi connectivity index (χ4v) is 1.89. The summed E-state index contributed by atoms with van der Waals surface area (Å²) in [4.78, 5) is 35.6. The van der Waals surface area contributed by atoms with Crippen LogP contribution in [0.5, 0.6) is 0 Å². The molecule has 0 aliphatic carbocycles. The van der Waals surface area contributed by atoms with Crippen LogP contribution in [0.1, 0.15) is 18.5 Å². The van der Waals surface area contributed by atoms with E-state index in [2.05, 4.69) is 0 Å². The van der Waals surface area contributed by atoms with E-state index >= 15 is 0 Å². The molecule has 0 spiro atoms. The molecule has 0 aromatic heterocycles. The summed E-state index contributed by atoms with van der Waals surface area (Å²) in [5.41, 5.74) is 0.650. The predicted octanol–water partition coefficient (Wildman–Crippen LogP) is 1.13. The van der Waals surface area contributed by atoms with E-state index in [4.69, 9.17) is 0 Å². The van der Waals surface area contributed by atoms with E-state index in [-0.39, 0.29) is 5.57 Å². The number of aliphatic carboxylic acids is 1. The first-order valence-electron chi connectivity index (χ1n) is 5.36. The Hall–Kier alpha value is -2.43. The Bertz CT molecular complexity index is 547. The number of rotatable bonds is 3. The Morgan fingerprint density at radius 2 is 1.83 bits per heavy atom. The normalized spacial score (nSPS) is 16.7. The van der Waals surface area contributed by atoms with E-state index in [9.17, 15) is 19.5 Å². The average Bonchev–Trinajstić information content (AvgIpc) is 2.57. The Kier molecular flexibility index (Phi) is 2.97. The fourth-order valence-electron chi connectivity index (χ4n) is 1.89. The minimum Gasteiger partial charge on any atom is -0.479 e. The molecule has 0 bridgehead atoms. The molecule has 0 saturated heterocycles. The lowest BCUT2D eigenvalue weighted by Crippen LogP contribution is -2.39. The maximum atomic E-state index is 11.8. The van der Waals surface area contributed by atoms with Crippen LogP contribution in [0.3, 0.4) is 0 Å². The van der Waals surface area contributed by atoms with E-state index in [0.717, 1.165) is 11.0 Å². The molecular formula is C13H11NO4. The van der Waals surface area contributed by atoms with Gasteiger partial charge in [-0.15, -0.1) is 0 Å². The monoisotopic (exact) mass is 245 g/mol. The van der Waals surface area contributed by atoms with Crippen LogP contribution in [0, 0.1) is 0 Å². The van der Waals surface area contributed by atoms with Gasteiger partial charge in [0.15, 0.2) is 6.04 Å². The van der Waals surface area contributed by atoms with Crippen molar-refractivity contribution in [2.24, 2.45) is 0 Å². The van der Waals surface area contributed by atoms with Gasteiger partial charge in [-0.2, -0.15) is 0 Å². The number of benzene rings is 1. The predicted molar refractivity (Wildman–Crippen MR) is 62.4 cm³/mol. The van der Waals surface area contributed by atoms with Crippen LogP contribution in [0.25, 0.3) is 0 Å². The van der Waals surface area contributed by atoms with Crippen LogP contribution < -0.4 is 0 Å². The Morgan fingerprint density at radius 3 is 2.28 bits per heavy atom. The second-order valence-electron chi connectivity index (χ2n) is 3.99. The summed E-state index contributed by atoms with van der Waals surface area (Å²) in [6.07, 6.45) is 1.15. The van der Waals surface area contributed by atoms with Gasteiger partial charge in [0.2, 0.25) is 0 Å². The minimum atomic E-state index is -1.28. The third kappa shape index (κ3) is 1.90. The number of carbonyl (C=O) groups is 3. The minimum absolute atomic E-state index is 0.252. The van der Waals surface area contributed by atoms with E-state index < -0.39 is 23.8 Å². The van der Waals surface area contributed by atoms with Crippen molar-refractivity contribution in [2.45, 2.75) is 13.0 Å². The molecule has 5 nitrogen and oxygen atoms in total. The zero-order valence-corrected chi connectivity index (χ0v) is 9.66. The molecule has 1 aromatic carbocycles. The lowest BCUT2D eigenvalue weighted by molar-refractivity contribution is -0.153. The lowest BCUT2D eigenvalue weighted by atomic mass is 10.1. The van der Waals surface area contributed by atoms with Crippen LogP contribution in [-0.2, 0) is 14.4 Å². The number of carbonyl (C=O) groups excluding carboxylic acids is 2. The van der Waals surface area contributed by atoms with Crippen molar-refractivity contribution in [2.75, 3.05) is 0 Å². The quantitative estimate of drug-likeness (QED) is 0.810. The van der Waals surface area contributed by atoms with Gasteiger partial charge in [0.25, 0.3) is 11.8 Å². The van der Waals surface area contributed by atoms with Crippen LogP contribution >= 0.6 is 0 Å². The number of nitrogens with zero attached hydrogens (tertiary/aromatic N) is 1. The number of imide groups is 1. The fraction of sp³-hybridized carbons (Fsp3) is 0.154. The van der Waals surface area contributed by atoms with Crippen molar-refractivity contribution in [1.29, 1.82) is 0 Å². The van der Waals surface area contributed by atoms with Gasteiger partial charge >= 0.3 is 5.97 Å². The highest BCUT2D eigenvalue weighted by Gasteiger charge is 2.39. The van der Waals surface area contributed by atoms with Gasteiger partial charge in [0.05, 0.1) is 0 Å². The van der Waals surface area contributed by atoms with Gasteiger partial charge < -0.3 is 5.11 Å². The van der Waals surface area contributed by atoms with Gasteiger partial charge in [-0.05, 0) is 12.5 Å². The summed E-state index contributed by atoms with van der Waals surface area (Å²) in [6.45, 7) is 1.49. The zero-order valence-electron chi connectivity index (χ0n) is 9.66. The molecule has 1 aliphatic rings. The van der Waals surface area contributed by atoms with Crippen LogP contribution in [0.15, 0.2) is 42.0 Å². The number of hydrogen-bond acceptors (Lipinski definition) is 3. The molecule has 1 atom stereocenters. The Balaban J connectivity index is 2.43. The second kappa shape index (κ2) is 4.44. The molecule has 1 aliphatic heterocycles. The molecular weight excluding hydrogens is 234 g/mol. The molecule has 1 heterocycles. The van der Waals surface area contributed by atoms with E-state index in [0.29, 0.717) is 5.56 Å². The zero-order chi connectivity index (χ0) is 13.3. The molecule has 0 saturated carbocycles. The highest BCUT2D eigenvalue weighted by atomic mass is 16.4. The number of amides is 2. The first-order chi connectivity index (χ1) is 8.52. The molecule has 18 heavy (non-hydrogen) atoms. The molecule has 2 amide bonds. The van der Waals surface area contributed by atoms with E-state index in [1.807, 2.05) is 0 Å². The van der Waals surface area contributed by atoms with Crippen LogP contribution in [0.4, 0.5) is 0 Å². The molecule has 0 fully saturated rings. The molecule has 92 valence electrons. The smallest absolute Gasteiger partial charge is 0.331 e. The summed E-state index contributed by atoms with van der Waals surface area (Å²) in [6, 6.07) is 6.94. The molecule has 1 N–H and O–H groups in total. The average molecular weight is 245 g/mol. The van der Waals surface area contributed by atoms with Gasteiger partial charge in [0.1, 0.15) is 0 Å². The van der Waals surface area contributed by atoms with Crippen molar-refractivity contribution in [3.8, 4) is 0 Å². The van der Waals surface area contributed by atoms with Crippen molar-refractivity contribution in [3.63, 3.8) is 0 Å². The van der Waals surface area contributed by atoms with E-state index in [1.165, 1.54) is 6.92 Å². The molecule has 5 heteroatoms. The Morgan fingerprint density at radius 1 is 1.22 bits per heavy atom. The molecule has 1 aromatic rings. The third-order valence-electron chi connectivity index (χ3n) is 2.74. The summed E-state index contributed by atoms with van der Waals surface area (Å²) >= 11 is 0. The first kappa shape index (κ1) is 12.0. The van der Waals surface area contributed by atoms with Crippen molar-refractivity contribution in [1.82, 2.24) is 4.90 Å². The third-order valence-corrected chi connectivity index (χ3v) is 2.74.